The fraction of sp³-hybridized carbons (Fsp3) is 0.250. The van der Waals surface area contributed by atoms with Crippen molar-refractivity contribution in [2.24, 2.45) is 0 Å². The van der Waals surface area contributed by atoms with Crippen LogP contribution in [0.4, 0.5) is 0 Å². The summed E-state index contributed by atoms with van der Waals surface area (Å²) in [5.41, 5.74) is 1.37. The third-order valence-electron chi connectivity index (χ3n) is 2.60. The maximum atomic E-state index is 11.9. The zero-order valence-corrected chi connectivity index (χ0v) is 13.1. The Morgan fingerprint density at radius 2 is 2.16 bits per heavy atom. The molecular formula is C12H11Cl3N2OS. The Balaban J connectivity index is 2.01. The van der Waals surface area contributed by atoms with Crippen LogP contribution in [-0.2, 0) is 6.42 Å². The first-order valence-corrected chi connectivity index (χ1v) is 7.50. The van der Waals surface area contributed by atoms with Crippen molar-refractivity contribution in [3.05, 3.63) is 43.3 Å². The van der Waals surface area contributed by atoms with Gasteiger partial charge in [-0.2, -0.15) is 0 Å². The molecule has 0 aliphatic carbocycles. The molecular weight excluding hydrogens is 327 g/mol. The number of hydrogen-bond acceptors (Lipinski definition) is 2. The fourth-order valence-corrected chi connectivity index (χ4v) is 3.63. The lowest BCUT2D eigenvalue weighted by Gasteiger charge is -2.13. The summed E-state index contributed by atoms with van der Waals surface area (Å²) in [7, 11) is 0. The first-order valence-electron chi connectivity index (χ1n) is 5.55. The molecule has 0 radical (unpaired) electrons. The number of hydrogen-bond donors (Lipinski definition) is 2. The average molecular weight is 338 g/mol. The van der Waals surface area contributed by atoms with E-state index in [0.717, 1.165) is 5.56 Å². The summed E-state index contributed by atoms with van der Waals surface area (Å²) in [5, 5.41) is 3.35. The van der Waals surface area contributed by atoms with Crippen LogP contribution in [0.15, 0.2) is 18.5 Å². The molecule has 0 aliphatic rings. The van der Waals surface area contributed by atoms with Crippen molar-refractivity contribution in [1.82, 2.24) is 10.3 Å². The van der Waals surface area contributed by atoms with Crippen molar-refractivity contribution in [2.75, 3.05) is 0 Å². The molecule has 1 atom stereocenters. The van der Waals surface area contributed by atoms with E-state index in [1.807, 2.05) is 6.92 Å². The number of carbonyl (C=O) groups is 1. The lowest BCUT2D eigenvalue weighted by molar-refractivity contribution is 0.0940. The largest absolute Gasteiger partial charge is 0.367 e. The van der Waals surface area contributed by atoms with E-state index >= 15 is 0 Å². The van der Waals surface area contributed by atoms with Gasteiger partial charge in [0, 0.05) is 24.0 Å². The molecule has 102 valence electrons. The molecule has 0 aliphatic heterocycles. The Morgan fingerprint density at radius 1 is 1.42 bits per heavy atom. The average Bonchev–Trinajstić information content (AvgIpc) is 2.94. The van der Waals surface area contributed by atoms with Crippen LogP contribution < -0.4 is 5.32 Å². The highest BCUT2D eigenvalue weighted by Gasteiger charge is 2.18. The minimum absolute atomic E-state index is 0.0944. The van der Waals surface area contributed by atoms with Crippen LogP contribution in [0.1, 0.15) is 22.8 Å². The van der Waals surface area contributed by atoms with E-state index in [-0.39, 0.29) is 11.9 Å². The quantitative estimate of drug-likeness (QED) is 0.853. The van der Waals surface area contributed by atoms with Gasteiger partial charge in [-0.05, 0) is 19.4 Å². The van der Waals surface area contributed by atoms with E-state index in [1.165, 1.54) is 11.3 Å². The van der Waals surface area contributed by atoms with Crippen LogP contribution in [0, 0.1) is 0 Å². The molecule has 0 spiro atoms. The van der Waals surface area contributed by atoms with E-state index < -0.39 is 0 Å². The SMILES string of the molecule is CC(Cc1c(Cl)sc(Cl)c1Cl)NC(=O)c1cc[nH]c1. The Labute approximate surface area is 129 Å². The van der Waals surface area contributed by atoms with Crippen molar-refractivity contribution >= 4 is 52.0 Å². The van der Waals surface area contributed by atoms with Gasteiger partial charge in [-0.25, -0.2) is 0 Å². The second-order valence-corrected chi connectivity index (χ2v) is 6.72. The number of nitrogens with one attached hydrogen (secondary N) is 2. The van der Waals surface area contributed by atoms with Gasteiger partial charge in [0.2, 0.25) is 0 Å². The number of aromatic nitrogens is 1. The van der Waals surface area contributed by atoms with Crippen molar-refractivity contribution in [3.63, 3.8) is 0 Å². The second-order valence-electron chi connectivity index (χ2n) is 4.12. The lowest BCUT2D eigenvalue weighted by atomic mass is 10.1. The number of thiophene rings is 1. The van der Waals surface area contributed by atoms with E-state index in [4.69, 9.17) is 34.8 Å². The molecule has 0 saturated carbocycles. The smallest absolute Gasteiger partial charge is 0.253 e. The van der Waals surface area contributed by atoms with Gasteiger partial charge in [0.1, 0.15) is 4.34 Å². The van der Waals surface area contributed by atoms with Crippen molar-refractivity contribution in [3.8, 4) is 0 Å². The molecule has 2 N–H and O–H groups in total. The molecule has 1 unspecified atom stereocenters. The first kappa shape index (κ1) is 14.7. The standard InChI is InChI=1S/C12H11Cl3N2OS/c1-6(17-12(18)7-2-3-16-5-7)4-8-9(13)11(15)19-10(8)14/h2-3,5-6,16H,4H2,1H3,(H,17,18). The summed E-state index contributed by atoms with van der Waals surface area (Å²) in [6.07, 6.45) is 3.88. The maximum Gasteiger partial charge on any atom is 0.253 e. The summed E-state index contributed by atoms with van der Waals surface area (Å²) in [6.45, 7) is 1.89. The van der Waals surface area contributed by atoms with E-state index in [0.29, 0.717) is 25.7 Å². The molecule has 1 amide bonds. The minimum Gasteiger partial charge on any atom is -0.367 e. The lowest BCUT2D eigenvalue weighted by Crippen LogP contribution is -2.33. The van der Waals surface area contributed by atoms with Crippen LogP contribution in [0.3, 0.4) is 0 Å². The molecule has 2 rings (SSSR count). The third-order valence-corrected chi connectivity index (χ3v) is 4.92. The summed E-state index contributed by atoms with van der Waals surface area (Å²) in [4.78, 5) is 14.7. The third kappa shape index (κ3) is 3.45. The van der Waals surface area contributed by atoms with Crippen LogP contribution in [0.5, 0.6) is 0 Å². The van der Waals surface area contributed by atoms with Crippen molar-refractivity contribution in [1.29, 1.82) is 0 Å². The normalized spacial score (nSPS) is 12.4. The molecule has 7 heteroatoms. The molecule has 2 heterocycles. The molecule has 2 aromatic heterocycles. The number of halogens is 3. The van der Waals surface area contributed by atoms with E-state index in [1.54, 1.807) is 18.5 Å². The van der Waals surface area contributed by atoms with Gasteiger partial charge in [0.25, 0.3) is 5.91 Å². The Morgan fingerprint density at radius 3 is 2.68 bits per heavy atom. The van der Waals surface area contributed by atoms with Gasteiger partial charge in [0.15, 0.2) is 0 Å². The number of rotatable bonds is 4. The Bertz CT molecular complexity index is 580. The molecule has 2 aromatic rings. The van der Waals surface area contributed by atoms with Gasteiger partial charge < -0.3 is 10.3 Å². The maximum absolute atomic E-state index is 11.9. The second kappa shape index (κ2) is 6.18. The number of H-pyrrole nitrogens is 1. The van der Waals surface area contributed by atoms with Crippen LogP contribution in [0.25, 0.3) is 0 Å². The fourth-order valence-electron chi connectivity index (χ4n) is 1.69. The van der Waals surface area contributed by atoms with Gasteiger partial charge in [-0.3, -0.25) is 4.79 Å². The van der Waals surface area contributed by atoms with E-state index in [9.17, 15) is 4.79 Å². The zero-order chi connectivity index (χ0) is 14.0. The Kier molecular flexibility index (Phi) is 4.79. The number of aromatic amines is 1. The number of carbonyl (C=O) groups excluding carboxylic acids is 1. The van der Waals surface area contributed by atoms with Crippen LogP contribution >= 0.6 is 46.1 Å². The predicted octanol–water partition coefficient (Wildman–Crippen LogP) is 4.40. The van der Waals surface area contributed by atoms with Gasteiger partial charge >= 0.3 is 0 Å². The summed E-state index contributed by atoms with van der Waals surface area (Å²) in [5.74, 6) is -0.137. The molecule has 0 bridgehead atoms. The zero-order valence-electron chi connectivity index (χ0n) is 9.97. The molecule has 0 aromatic carbocycles. The highest BCUT2D eigenvalue weighted by molar-refractivity contribution is 7.20. The predicted molar refractivity (Wildman–Crippen MR) is 80.8 cm³/mol. The topological polar surface area (TPSA) is 44.9 Å². The first-order chi connectivity index (χ1) is 8.99. The molecule has 3 nitrogen and oxygen atoms in total. The van der Waals surface area contributed by atoms with Gasteiger partial charge in [-0.15, -0.1) is 11.3 Å². The monoisotopic (exact) mass is 336 g/mol. The number of amides is 1. The Hall–Kier alpha value is -0.680. The van der Waals surface area contributed by atoms with Crippen LogP contribution in [-0.4, -0.2) is 16.9 Å². The summed E-state index contributed by atoms with van der Waals surface area (Å²) < 4.78 is 1.04. The summed E-state index contributed by atoms with van der Waals surface area (Å²) in [6, 6.07) is 1.62. The molecule has 0 saturated heterocycles. The van der Waals surface area contributed by atoms with Crippen molar-refractivity contribution in [2.45, 2.75) is 19.4 Å². The van der Waals surface area contributed by atoms with Crippen LogP contribution in [0.2, 0.25) is 13.7 Å². The molecule has 19 heavy (non-hydrogen) atoms. The van der Waals surface area contributed by atoms with E-state index in [2.05, 4.69) is 10.3 Å². The molecule has 0 fully saturated rings. The highest BCUT2D eigenvalue weighted by Crippen LogP contribution is 2.40. The minimum atomic E-state index is -0.137. The van der Waals surface area contributed by atoms with Crippen molar-refractivity contribution < 1.29 is 4.79 Å². The summed E-state index contributed by atoms with van der Waals surface area (Å²) >= 11 is 19.3. The van der Waals surface area contributed by atoms with Gasteiger partial charge in [0.05, 0.1) is 14.9 Å². The highest BCUT2D eigenvalue weighted by atomic mass is 35.5. The van der Waals surface area contributed by atoms with Gasteiger partial charge in [-0.1, -0.05) is 34.8 Å².